The van der Waals surface area contributed by atoms with E-state index in [1.165, 1.54) is 0 Å². The van der Waals surface area contributed by atoms with Crippen molar-refractivity contribution in [1.29, 1.82) is 0 Å². The van der Waals surface area contributed by atoms with Crippen LogP contribution in [0, 0.1) is 6.92 Å². The largest absolute Gasteiger partial charge is 0.494 e. The summed E-state index contributed by atoms with van der Waals surface area (Å²) in [6.45, 7) is 6.91. The van der Waals surface area contributed by atoms with Gasteiger partial charge in [-0.15, -0.1) is 6.58 Å². The van der Waals surface area contributed by atoms with Gasteiger partial charge in [0.2, 0.25) is 5.90 Å². The highest BCUT2D eigenvalue weighted by Gasteiger charge is 2.52. The number of hydrogen-bond acceptors (Lipinski definition) is 6. The molecule has 0 unspecified atom stereocenters. The number of hydrazine groups is 1. The molecule has 4 rings (SSSR count). The molecule has 38 heavy (non-hydrogen) atoms. The number of aliphatic hydroxyl groups is 1. The smallest absolute Gasteiger partial charge is 0.266 e. The van der Waals surface area contributed by atoms with E-state index >= 15 is 0 Å². The maximum atomic E-state index is 13.8. The van der Waals surface area contributed by atoms with Gasteiger partial charge in [-0.05, 0) is 54.4 Å². The summed E-state index contributed by atoms with van der Waals surface area (Å²) >= 11 is 3.48. The van der Waals surface area contributed by atoms with E-state index in [0.29, 0.717) is 31.2 Å². The predicted octanol–water partition coefficient (Wildman–Crippen LogP) is 5.17. The number of nitrogens with one attached hydrogen (secondary N) is 2. The summed E-state index contributed by atoms with van der Waals surface area (Å²) in [6.07, 6.45) is 1.87. The molecular formula is C30H32BrN3O4. The molecule has 1 aliphatic rings. The van der Waals surface area contributed by atoms with Crippen molar-refractivity contribution in [2.45, 2.75) is 38.0 Å². The topological polar surface area (TPSA) is 92.2 Å². The van der Waals surface area contributed by atoms with Crippen LogP contribution in [0.3, 0.4) is 0 Å². The fourth-order valence-electron chi connectivity index (χ4n) is 4.33. The molecule has 0 radical (unpaired) electrons. The van der Waals surface area contributed by atoms with E-state index in [2.05, 4.69) is 39.4 Å². The zero-order valence-electron chi connectivity index (χ0n) is 21.3. The Balaban J connectivity index is 1.61. The van der Waals surface area contributed by atoms with E-state index in [-0.39, 0.29) is 18.9 Å². The van der Waals surface area contributed by atoms with Gasteiger partial charge in [-0.2, -0.15) is 0 Å². The Morgan fingerprint density at radius 1 is 1.18 bits per heavy atom. The van der Waals surface area contributed by atoms with Gasteiger partial charge in [0, 0.05) is 36.0 Å². The molecular weight excluding hydrogens is 546 g/mol. The lowest BCUT2D eigenvalue weighted by Crippen LogP contribution is -2.52. The second-order valence-corrected chi connectivity index (χ2v) is 10.0. The van der Waals surface area contributed by atoms with Crippen LogP contribution in [0.5, 0.6) is 5.75 Å². The minimum absolute atomic E-state index is 0.0769. The first-order valence-electron chi connectivity index (χ1n) is 12.5. The van der Waals surface area contributed by atoms with E-state index in [0.717, 1.165) is 26.7 Å². The van der Waals surface area contributed by atoms with E-state index < -0.39 is 11.6 Å². The third-order valence-electron chi connectivity index (χ3n) is 6.24. The third-order valence-corrected chi connectivity index (χ3v) is 6.76. The van der Waals surface area contributed by atoms with Crippen molar-refractivity contribution in [1.82, 2.24) is 10.9 Å². The zero-order chi connectivity index (χ0) is 27.0. The first-order valence-corrected chi connectivity index (χ1v) is 13.3. The lowest BCUT2D eigenvalue weighted by Gasteiger charge is -2.29. The highest BCUT2D eigenvalue weighted by atomic mass is 79.9. The Morgan fingerprint density at radius 2 is 1.95 bits per heavy atom. The number of aliphatic imine (C=N–C) groups is 1. The fraction of sp³-hybridized carbons (Fsp3) is 0.267. The van der Waals surface area contributed by atoms with Gasteiger partial charge in [0.15, 0.2) is 11.6 Å². The monoisotopic (exact) mass is 577 g/mol. The van der Waals surface area contributed by atoms with Gasteiger partial charge in [-0.25, -0.2) is 10.4 Å². The van der Waals surface area contributed by atoms with E-state index in [1.807, 2.05) is 73.7 Å². The van der Waals surface area contributed by atoms with E-state index in [1.54, 1.807) is 6.08 Å². The van der Waals surface area contributed by atoms with Crippen molar-refractivity contribution in [3.63, 3.8) is 0 Å². The molecule has 3 aromatic rings. The van der Waals surface area contributed by atoms with Gasteiger partial charge in [0.1, 0.15) is 5.75 Å². The normalized spacial score (nSPS) is 18.4. The van der Waals surface area contributed by atoms with Gasteiger partial charge in [-0.1, -0.05) is 64.0 Å². The molecule has 0 fully saturated rings. The van der Waals surface area contributed by atoms with Crippen LogP contribution in [0.2, 0.25) is 0 Å². The zero-order valence-corrected chi connectivity index (χ0v) is 22.9. The Hall–Kier alpha value is -3.46. The number of hydrogen-bond donors (Lipinski definition) is 3. The summed E-state index contributed by atoms with van der Waals surface area (Å²) < 4.78 is 13.0. The highest BCUT2D eigenvalue weighted by Crippen LogP contribution is 2.43. The molecule has 1 amide bonds. The van der Waals surface area contributed by atoms with Crippen molar-refractivity contribution in [3.8, 4) is 5.75 Å². The first kappa shape index (κ1) is 27.6. The van der Waals surface area contributed by atoms with Gasteiger partial charge in [-0.3, -0.25) is 10.2 Å². The molecule has 1 heterocycles. The molecule has 2 atom stereocenters. The SMILES string of the molecule is C=CC[C@]1(C(=O)NNCc2cccc(C)c2)N=C(c2ccc(OCCCO)cc2)O[C@H]1c1ccc(Br)cc1. The molecule has 0 saturated carbocycles. The van der Waals surface area contributed by atoms with Crippen LogP contribution in [0.25, 0.3) is 0 Å². The predicted molar refractivity (Wildman–Crippen MR) is 152 cm³/mol. The molecule has 198 valence electrons. The Kier molecular flexibility index (Phi) is 9.33. The summed E-state index contributed by atoms with van der Waals surface area (Å²) in [4.78, 5) is 18.7. The summed E-state index contributed by atoms with van der Waals surface area (Å²) in [5.74, 6) is 0.744. The summed E-state index contributed by atoms with van der Waals surface area (Å²) in [5.41, 5.74) is 8.42. The van der Waals surface area contributed by atoms with Crippen molar-refractivity contribution >= 4 is 27.7 Å². The standard InChI is InChI=1S/C30H32BrN3O4/c1-3-16-30(29(36)34-32-20-22-7-4-6-21(2)19-22)27(23-8-12-25(31)13-9-23)38-28(33-30)24-10-14-26(15-11-24)37-18-5-17-35/h3-4,6-15,19,27,32,35H,1,5,16-18,20H2,2H3,(H,34,36)/t27-,30-/m0/s1. The molecule has 3 N–H and O–H groups in total. The number of benzene rings is 3. The average Bonchev–Trinajstić information content (AvgIpc) is 3.30. The Bertz CT molecular complexity index is 1280. The van der Waals surface area contributed by atoms with E-state index in [4.69, 9.17) is 19.6 Å². The molecule has 0 aliphatic carbocycles. The number of nitrogens with zero attached hydrogens (tertiary/aromatic N) is 1. The first-order chi connectivity index (χ1) is 18.4. The third kappa shape index (κ3) is 6.51. The average molecular weight is 579 g/mol. The fourth-order valence-corrected chi connectivity index (χ4v) is 4.59. The lowest BCUT2D eigenvalue weighted by molar-refractivity contribution is -0.129. The highest BCUT2D eigenvalue weighted by molar-refractivity contribution is 9.10. The van der Waals surface area contributed by atoms with Gasteiger partial charge in [0.05, 0.1) is 6.61 Å². The number of aryl methyl sites for hydroxylation is 1. The van der Waals surface area contributed by atoms with Gasteiger partial charge < -0.3 is 14.6 Å². The van der Waals surface area contributed by atoms with Crippen molar-refractivity contribution in [2.24, 2.45) is 4.99 Å². The van der Waals surface area contributed by atoms with Crippen molar-refractivity contribution in [2.75, 3.05) is 13.2 Å². The van der Waals surface area contributed by atoms with E-state index in [9.17, 15) is 4.79 Å². The minimum atomic E-state index is -1.26. The van der Waals surface area contributed by atoms with Gasteiger partial charge >= 0.3 is 0 Å². The molecule has 0 saturated heterocycles. The maximum Gasteiger partial charge on any atom is 0.266 e. The number of halogens is 1. The second kappa shape index (κ2) is 12.9. The van der Waals surface area contributed by atoms with Crippen LogP contribution in [0.1, 0.15) is 41.2 Å². The quantitative estimate of drug-likeness (QED) is 0.157. The summed E-state index contributed by atoms with van der Waals surface area (Å²) in [6, 6.07) is 23.1. The number of aliphatic hydroxyl groups excluding tert-OH is 1. The number of ether oxygens (including phenoxy) is 2. The lowest BCUT2D eigenvalue weighted by atomic mass is 9.84. The number of rotatable bonds is 12. The molecule has 0 aromatic heterocycles. The molecule has 0 bridgehead atoms. The Morgan fingerprint density at radius 3 is 2.63 bits per heavy atom. The van der Waals surface area contributed by atoms with Crippen molar-refractivity contribution < 1.29 is 19.4 Å². The Labute approximate surface area is 231 Å². The maximum absolute atomic E-state index is 13.8. The minimum Gasteiger partial charge on any atom is -0.494 e. The van der Waals surface area contributed by atoms with Crippen LogP contribution in [0.15, 0.2) is 94.9 Å². The second-order valence-electron chi connectivity index (χ2n) is 9.13. The summed E-state index contributed by atoms with van der Waals surface area (Å²) in [5, 5.41) is 8.97. The van der Waals surface area contributed by atoms with Crippen LogP contribution in [0.4, 0.5) is 0 Å². The molecule has 7 nitrogen and oxygen atoms in total. The van der Waals surface area contributed by atoms with Crippen molar-refractivity contribution in [3.05, 3.63) is 112 Å². The van der Waals surface area contributed by atoms with Gasteiger partial charge in [0.25, 0.3) is 5.91 Å². The number of amides is 1. The van der Waals surface area contributed by atoms with Crippen LogP contribution in [-0.2, 0) is 16.1 Å². The molecule has 8 heteroatoms. The summed E-state index contributed by atoms with van der Waals surface area (Å²) in [7, 11) is 0. The number of carbonyl (C=O) groups excluding carboxylic acids is 1. The van der Waals surface area contributed by atoms with Crippen LogP contribution < -0.4 is 15.6 Å². The molecule has 1 aliphatic heterocycles. The van der Waals surface area contributed by atoms with Crippen LogP contribution >= 0.6 is 15.9 Å². The number of carbonyl (C=O) groups is 1. The molecule has 0 spiro atoms. The molecule has 3 aromatic carbocycles. The van der Waals surface area contributed by atoms with Crippen LogP contribution in [-0.4, -0.2) is 35.7 Å².